The number of nitrogens with one attached hydrogen (secondary N) is 1. The third-order valence-electron chi connectivity index (χ3n) is 1.01. The molecule has 0 unspecified atom stereocenters. The summed E-state index contributed by atoms with van der Waals surface area (Å²) in [6.07, 6.45) is 0. The van der Waals surface area contributed by atoms with Crippen molar-refractivity contribution in [1.29, 1.82) is 0 Å². The molecule has 0 radical (unpaired) electrons. The summed E-state index contributed by atoms with van der Waals surface area (Å²) in [7, 11) is 2.99. The van der Waals surface area contributed by atoms with Gasteiger partial charge in [-0.3, -0.25) is 0 Å². The minimum atomic E-state index is 0.718. The Morgan fingerprint density at radius 2 is 2.12 bits per heavy atom. The van der Waals surface area contributed by atoms with Gasteiger partial charge < -0.3 is 5.32 Å². The summed E-state index contributed by atoms with van der Waals surface area (Å²) in [6.45, 7) is 8.17. The van der Waals surface area contributed by atoms with Gasteiger partial charge in [0.05, 0.1) is 0 Å². The maximum atomic E-state index is 3.80. The number of hydrogen-bond acceptors (Lipinski definition) is 1. The zero-order valence-corrected chi connectivity index (χ0v) is 5.99. The minimum absolute atomic E-state index is 0.718. The zero-order valence-electron chi connectivity index (χ0n) is 5.99. The van der Waals surface area contributed by atoms with E-state index in [-0.39, 0.29) is 0 Å². The molecule has 0 aromatic rings. The van der Waals surface area contributed by atoms with Gasteiger partial charge >= 0.3 is 0 Å². The first-order valence-electron chi connectivity index (χ1n) is 3.02. The lowest BCUT2D eigenvalue weighted by Crippen LogP contribution is -2.12. The van der Waals surface area contributed by atoms with E-state index in [1.165, 1.54) is 0 Å². The molecule has 0 bridgehead atoms. The first-order chi connectivity index (χ1) is 3.66. The Hall–Kier alpha value is -0.395. The first-order valence-corrected chi connectivity index (χ1v) is 3.02. The van der Waals surface area contributed by atoms with E-state index in [1.54, 1.807) is 0 Å². The van der Waals surface area contributed by atoms with Crippen molar-refractivity contribution in [3.8, 4) is 0 Å². The van der Waals surface area contributed by atoms with Crippen LogP contribution in [0, 0.1) is 0 Å². The summed E-state index contributed by atoms with van der Waals surface area (Å²) in [6, 6.07) is 0. The van der Waals surface area contributed by atoms with Gasteiger partial charge in [-0.25, -0.2) is 0 Å². The Morgan fingerprint density at radius 3 is 2.25 bits per heavy atom. The molecule has 0 atom stereocenters. The Balaban J connectivity index is 3.25. The molecular formula is C6H14BN. The Morgan fingerprint density at radius 1 is 1.62 bits per heavy atom. The average molecular weight is 111 g/mol. The molecule has 0 amide bonds. The molecule has 1 nitrogen and oxygen atoms in total. The van der Waals surface area contributed by atoms with Crippen LogP contribution in [-0.2, 0) is 0 Å². The summed E-state index contributed by atoms with van der Waals surface area (Å²) in [5, 5.41) is 3.00. The fourth-order valence-corrected chi connectivity index (χ4v) is 0.595. The van der Waals surface area contributed by atoms with Crippen molar-refractivity contribution in [2.75, 3.05) is 7.05 Å². The molecule has 0 fully saturated rings. The van der Waals surface area contributed by atoms with Crippen LogP contribution in [0.25, 0.3) is 0 Å². The molecule has 1 N–H and O–H groups in total. The second-order valence-electron chi connectivity index (χ2n) is 2.45. The summed E-state index contributed by atoms with van der Waals surface area (Å²) in [5.74, 6) is 0.718. The summed E-state index contributed by atoms with van der Waals surface area (Å²) in [5.41, 5.74) is 1.13. The molecule has 0 aliphatic rings. The minimum Gasteiger partial charge on any atom is -0.400 e. The van der Waals surface area contributed by atoms with Crippen molar-refractivity contribution in [3.05, 3.63) is 12.2 Å². The van der Waals surface area contributed by atoms with Crippen LogP contribution in [0.3, 0.4) is 0 Å². The lowest BCUT2D eigenvalue weighted by Gasteiger charge is -2.03. The van der Waals surface area contributed by atoms with E-state index in [1.807, 2.05) is 7.05 Å². The first kappa shape index (κ1) is 7.60. The van der Waals surface area contributed by atoms with E-state index in [0.29, 0.717) is 0 Å². The molecule has 46 valence electrons. The van der Waals surface area contributed by atoms with Gasteiger partial charge in [0.1, 0.15) is 0 Å². The van der Waals surface area contributed by atoms with Gasteiger partial charge in [-0.1, -0.05) is 26.2 Å². The molecule has 0 aliphatic carbocycles. The SMILES string of the molecule is C=C(BC(C)C)NC. The summed E-state index contributed by atoms with van der Waals surface area (Å²) < 4.78 is 0. The van der Waals surface area contributed by atoms with Crippen molar-refractivity contribution in [1.82, 2.24) is 5.32 Å². The van der Waals surface area contributed by atoms with Gasteiger partial charge in [0.2, 0.25) is 0 Å². The highest BCUT2D eigenvalue weighted by Crippen LogP contribution is 1.99. The van der Waals surface area contributed by atoms with Gasteiger partial charge in [0.25, 0.3) is 0 Å². The summed E-state index contributed by atoms with van der Waals surface area (Å²) >= 11 is 0. The van der Waals surface area contributed by atoms with Gasteiger partial charge in [0.15, 0.2) is 7.28 Å². The molecule has 0 heterocycles. The molecule has 8 heavy (non-hydrogen) atoms. The molecule has 0 rings (SSSR count). The predicted molar refractivity (Wildman–Crippen MR) is 40.4 cm³/mol. The monoisotopic (exact) mass is 111 g/mol. The van der Waals surface area contributed by atoms with E-state index >= 15 is 0 Å². The van der Waals surface area contributed by atoms with E-state index < -0.39 is 0 Å². The van der Waals surface area contributed by atoms with Crippen LogP contribution in [0.4, 0.5) is 0 Å². The van der Waals surface area contributed by atoms with Gasteiger partial charge in [0, 0.05) is 7.05 Å². The highest BCUT2D eigenvalue weighted by molar-refractivity contribution is 6.46. The van der Waals surface area contributed by atoms with Crippen LogP contribution in [0.1, 0.15) is 13.8 Å². The third-order valence-corrected chi connectivity index (χ3v) is 1.01. The second kappa shape index (κ2) is 3.59. The van der Waals surface area contributed by atoms with Crippen LogP contribution in [0.15, 0.2) is 12.2 Å². The standard InChI is InChI=1S/C6H14BN/c1-5(2)7-6(3)8-4/h5,7-8H,3H2,1-2,4H3. The van der Waals surface area contributed by atoms with E-state index in [0.717, 1.165) is 18.7 Å². The lowest BCUT2D eigenvalue weighted by molar-refractivity contribution is 1.02. The van der Waals surface area contributed by atoms with Crippen molar-refractivity contribution in [2.24, 2.45) is 0 Å². The van der Waals surface area contributed by atoms with Crippen molar-refractivity contribution >= 4 is 7.28 Å². The summed E-state index contributed by atoms with van der Waals surface area (Å²) in [4.78, 5) is 0. The highest BCUT2D eigenvalue weighted by Gasteiger charge is 1.97. The second-order valence-corrected chi connectivity index (χ2v) is 2.45. The van der Waals surface area contributed by atoms with Crippen molar-refractivity contribution < 1.29 is 0 Å². The van der Waals surface area contributed by atoms with Crippen LogP contribution in [0.2, 0.25) is 5.82 Å². The average Bonchev–Trinajstić information content (AvgIpc) is 1.65. The van der Waals surface area contributed by atoms with Gasteiger partial charge in [-0.15, -0.1) is 0 Å². The van der Waals surface area contributed by atoms with E-state index in [9.17, 15) is 0 Å². The molecule has 0 aromatic heterocycles. The maximum Gasteiger partial charge on any atom is 0.180 e. The Kier molecular flexibility index (Phi) is 3.41. The molecule has 0 spiro atoms. The number of hydrogen-bond donors (Lipinski definition) is 1. The van der Waals surface area contributed by atoms with Crippen molar-refractivity contribution in [2.45, 2.75) is 19.7 Å². The molecule has 0 saturated carbocycles. The van der Waals surface area contributed by atoms with Gasteiger partial charge in [-0.05, 0) is 5.60 Å². The Bertz CT molecular complexity index is 78.6. The van der Waals surface area contributed by atoms with Crippen molar-refractivity contribution in [3.63, 3.8) is 0 Å². The molecule has 0 aliphatic heterocycles. The molecule has 0 aromatic carbocycles. The predicted octanol–water partition coefficient (Wildman–Crippen LogP) is 0.942. The van der Waals surface area contributed by atoms with Crippen LogP contribution >= 0.6 is 0 Å². The van der Waals surface area contributed by atoms with Crippen LogP contribution in [0.5, 0.6) is 0 Å². The van der Waals surface area contributed by atoms with Crippen LogP contribution < -0.4 is 5.32 Å². The molecule has 2 heteroatoms. The highest BCUT2D eigenvalue weighted by atomic mass is 14.8. The molecule has 0 saturated heterocycles. The van der Waals surface area contributed by atoms with E-state index in [2.05, 4.69) is 25.7 Å². The fraction of sp³-hybridized carbons (Fsp3) is 0.667. The normalized spacial score (nSPS) is 9.00. The topological polar surface area (TPSA) is 12.0 Å². The van der Waals surface area contributed by atoms with Crippen LogP contribution in [-0.4, -0.2) is 14.3 Å². The maximum absolute atomic E-state index is 3.80. The van der Waals surface area contributed by atoms with Gasteiger partial charge in [-0.2, -0.15) is 0 Å². The lowest BCUT2D eigenvalue weighted by atomic mass is 9.64. The quantitative estimate of drug-likeness (QED) is 0.534. The largest absolute Gasteiger partial charge is 0.400 e. The number of rotatable bonds is 3. The van der Waals surface area contributed by atoms with E-state index in [4.69, 9.17) is 0 Å². The Labute approximate surface area is 52.4 Å². The fourth-order valence-electron chi connectivity index (χ4n) is 0.595. The third kappa shape index (κ3) is 3.78. The zero-order chi connectivity index (χ0) is 6.57. The smallest absolute Gasteiger partial charge is 0.180 e. The molecular weight excluding hydrogens is 96.9 g/mol.